The standard InChI is InChI=1S/C9H20N2O/c1-9(2,12)8(10)7-4-5-11(3)6-7/h7-8,12H,4-6,10H2,1-3H3. The molecular weight excluding hydrogens is 152 g/mol. The fourth-order valence-electron chi connectivity index (χ4n) is 1.84. The van der Waals surface area contributed by atoms with Gasteiger partial charge >= 0.3 is 0 Å². The van der Waals surface area contributed by atoms with E-state index < -0.39 is 5.60 Å². The van der Waals surface area contributed by atoms with E-state index in [9.17, 15) is 5.11 Å². The molecule has 0 radical (unpaired) electrons. The first-order chi connectivity index (χ1) is 5.41. The second-order valence-corrected chi connectivity index (χ2v) is 4.49. The van der Waals surface area contributed by atoms with Gasteiger partial charge in [0.15, 0.2) is 0 Å². The summed E-state index contributed by atoms with van der Waals surface area (Å²) in [6.07, 6.45) is 1.11. The van der Waals surface area contributed by atoms with Crippen LogP contribution in [0.15, 0.2) is 0 Å². The zero-order chi connectivity index (χ0) is 9.35. The first-order valence-corrected chi connectivity index (χ1v) is 4.58. The summed E-state index contributed by atoms with van der Waals surface area (Å²) >= 11 is 0. The van der Waals surface area contributed by atoms with Gasteiger partial charge in [0, 0.05) is 12.6 Å². The fraction of sp³-hybridized carbons (Fsp3) is 1.00. The molecule has 1 heterocycles. The molecule has 2 unspecified atom stereocenters. The van der Waals surface area contributed by atoms with E-state index in [0.29, 0.717) is 5.92 Å². The maximum atomic E-state index is 9.69. The lowest BCUT2D eigenvalue weighted by atomic mass is 9.87. The molecule has 3 nitrogen and oxygen atoms in total. The van der Waals surface area contributed by atoms with E-state index in [4.69, 9.17) is 5.73 Å². The molecule has 0 spiro atoms. The molecule has 1 fully saturated rings. The molecule has 2 atom stereocenters. The number of aliphatic hydroxyl groups is 1. The third-order valence-electron chi connectivity index (χ3n) is 2.75. The average molecular weight is 172 g/mol. The molecule has 72 valence electrons. The van der Waals surface area contributed by atoms with Crippen LogP contribution in [0.5, 0.6) is 0 Å². The molecule has 3 heteroatoms. The lowest BCUT2D eigenvalue weighted by Crippen LogP contribution is -2.48. The molecule has 0 saturated carbocycles. The molecular formula is C9H20N2O. The van der Waals surface area contributed by atoms with Crippen LogP contribution in [0.2, 0.25) is 0 Å². The first kappa shape index (κ1) is 9.96. The third kappa shape index (κ3) is 2.19. The SMILES string of the molecule is CN1CCC(C(N)C(C)(C)O)C1. The molecule has 1 saturated heterocycles. The van der Waals surface area contributed by atoms with Crippen LogP contribution in [-0.4, -0.2) is 41.8 Å². The fourth-order valence-corrected chi connectivity index (χ4v) is 1.84. The van der Waals surface area contributed by atoms with Crippen molar-refractivity contribution in [3.8, 4) is 0 Å². The van der Waals surface area contributed by atoms with E-state index in [1.54, 1.807) is 13.8 Å². The van der Waals surface area contributed by atoms with E-state index in [1.165, 1.54) is 0 Å². The van der Waals surface area contributed by atoms with Gasteiger partial charge in [-0.1, -0.05) is 0 Å². The zero-order valence-corrected chi connectivity index (χ0v) is 8.25. The van der Waals surface area contributed by atoms with Gasteiger partial charge in [-0.3, -0.25) is 0 Å². The van der Waals surface area contributed by atoms with Gasteiger partial charge in [-0.05, 0) is 39.8 Å². The number of likely N-dealkylation sites (tertiary alicyclic amines) is 1. The number of nitrogens with zero attached hydrogens (tertiary/aromatic N) is 1. The van der Waals surface area contributed by atoms with Gasteiger partial charge in [-0.2, -0.15) is 0 Å². The summed E-state index contributed by atoms with van der Waals surface area (Å²) in [6.45, 7) is 5.70. The van der Waals surface area contributed by atoms with Crippen molar-refractivity contribution in [3.05, 3.63) is 0 Å². The van der Waals surface area contributed by atoms with Crippen LogP contribution < -0.4 is 5.73 Å². The van der Waals surface area contributed by atoms with Crippen LogP contribution in [0.3, 0.4) is 0 Å². The Morgan fingerprint density at radius 3 is 2.50 bits per heavy atom. The Labute approximate surface area is 74.5 Å². The summed E-state index contributed by atoms with van der Waals surface area (Å²) in [7, 11) is 2.09. The van der Waals surface area contributed by atoms with Crippen molar-refractivity contribution in [1.29, 1.82) is 0 Å². The first-order valence-electron chi connectivity index (χ1n) is 4.58. The van der Waals surface area contributed by atoms with Crippen molar-refractivity contribution in [2.75, 3.05) is 20.1 Å². The van der Waals surface area contributed by atoms with Gasteiger partial charge in [-0.25, -0.2) is 0 Å². The summed E-state index contributed by atoms with van der Waals surface area (Å²) in [5.74, 6) is 0.454. The van der Waals surface area contributed by atoms with Crippen LogP contribution in [0.1, 0.15) is 20.3 Å². The maximum Gasteiger partial charge on any atom is 0.0745 e. The number of nitrogens with two attached hydrogens (primary N) is 1. The Balaban J connectivity index is 2.48. The van der Waals surface area contributed by atoms with Crippen molar-refractivity contribution >= 4 is 0 Å². The Morgan fingerprint density at radius 1 is 1.58 bits per heavy atom. The minimum Gasteiger partial charge on any atom is -0.389 e. The predicted octanol–water partition coefficient (Wildman–Crippen LogP) is 0.0363. The highest BCUT2D eigenvalue weighted by Crippen LogP contribution is 2.23. The van der Waals surface area contributed by atoms with Gasteiger partial charge in [0.1, 0.15) is 0 Å². The molecule has 0 aliphatic carbocycles. The van der Waals surface area contributed by atoms with Crippen molar-refractivity contribution < 1.29 is 5.11 Å². The monoisotopic (exact) mass is 172 g/mol. The zero-order valence-electron chi connectivity index (χ0n) is 8.25. The second kappa shape index (κ2) is 3.32. The van der Waals surface area contributed by atoms with E-state index in [2.05, 4.69) is 11.9 Å². The van der Waals surface area contributed by atoms with Crippen LogP contribution in [0.4, 0.5) is 0 Å². The van der Waals surface area contributed by atoms with Gasteiger partial charge < -0.3 is 15.7 Å². The quantitative estimate of drug-likeness (QED) is 0.618. The summed E-state index contributed by atoms with van der Waals surface area (Å²) in [5, 5.41) is 9.69. The predicted molar refractivity (Wildman–Crippen MR) is 49.9 cm³/mol. The Morgan fingerprint density at radius 2 is 2.17 bits per heavy atom. The van der Waals surface area contributed by atoms with Gasteiger partial charge in [0.05, 0.1) is 5.60 Å². The van der Waals surface area contributed by atoms with Crippen molar-refractivity contribution in [2.45, 2.75) is 31.9 Å². The molecule has 3 N–H and O–H groups in total. The van der Waals surface area contributed by atoms with Gasteiger partial charge in [-0.15, -0.1) is 0 Å². The Hall–Kier alpha value is -0.120. The van der Waals surface area contributed by atoms with E-state index in [0.717, 1.165) is 19.5 Å². The highest BCUT2D eigenvalue weighted by atomic mass is 16.3. The Bertz CT molecular complexity index is 153. The minimum atomic E-state index is -0.740. The molecule has 1 aliphatic heterocycles. The topological polar surface area (TPSA) is 49.5 Å². The highest BCUT2D eigenvalue weighted by Gasteiger charge is 2.33. The number of hydrogen-bond donors (Lipinski definition) is 2. The van der Waals surface area contributed by atoms with E-state index >= 15 is 0 Å². The highest BCUT2D eigenvalue weighted by molar-refractivity contribution is 4.90. The molecule has 1 rings (SSSR count). The number of rotatable bonds is 2. The molecule has 1 aliphatic rings. The van der Waals surface area contributed by atoms with Gasteiger partial charge in [0.25, 0.3) is 0 Å². The second-order valence-electron chi connectivity index (χ2n) is 4.49. The lowest BCUT2D eigenvalue weighted by Gasteiger charge is -2.30. The molecule has 0 aromatic heterocycles. The Kier molecular flexibility index (Phi) is 2.76. The molecule has 12 heavy (non-hydrogen) atoms. The molecule has 0 aromatic carbocycles. The number of hydrogen-bond acceptors (Lipinski definition) is 3. The lowest BCUT2D eigenvalue weighted by molar-refractivity contribution is 0.0320. The summed E-state index contributed by atoms with van der Waals surface area (Å²) < 4.78 is 0. The maximum absolute atomic E-state index is 9.69. The van der Waals surface area contributed by atoms with Crippen LogP contribution >= 0.6 is 0 Å². The normalized spacial score (nSPS) is 29.2. The van der Waals surface area contributed by atoms with Crippen molar-refractivity contribution in [2.24, 2.45) is 11.7 Å². The molecule has 0 amide bonds. The van der Waals surface area contributed by atoms with Gasteiger partial charge in [0.2, 0.25) is 0 Å². The van der Waals surface area contributed by atoms with Crippen LogP contribution in [0, 0.1) is 5.92 Å². The summed E-state index contributed by atoms with van der Waals surface area (Å²) in [5.41, 5.74) is 5.20. The third-order valence-corrected chi connectivity index (χ3v) is 2.75. The van der Waals surface area contributed by atoms with Crippen molar-refractivity contribution in [3.63, 3.8) is 0 Å². The van der Waals surface area contributed by atoms with Crippen LogP contribution in [-0.2, 0) is 0 Å². The minimum absolute atomic E-state index is 0.0950. The van der Waals surface area contributed by atoms with Crippen molar-refractivity contribution in [1.82, 2.24) is 4.90 Å². The average Bonchev–Trinajstić information content (AvgIpc) is 2.32. The van der Waals surface area contributed by atoms with E-state index in [1.807, 2.05) is 0 Å². The molecule has 0 aromatic rings. The molecule has 0 bridgehead atoms. The summed E-state index contributed by atoms with van der Waals surface area (Å²) in [6, 6.07) is -0.0950. The smallest absolute Gasteiger partial charge is 0.0745 e. The summed E-state index contributed by atoms with van der Waals surface area (Å²) in [4.78, 5) is 2.26. The van der Waals surface area contributed by atoms with E-state index in [-0.39, 0.29) is 6.04 Å². The van der Waals surface area contributed by atoms with Crippen LogP contribution in [0.25, 0.3) is 0 Å². The largest absolute Gasteiger partial charge is 0.389 e.